The second-order valence-corrected chi connectivity index (χ2v) is 7.04. The van der Waals surface area contributed by atoms with Crippen LogP contribution in [0, 0.1) is 25.7 Å². The molecule has 21 heavy (non-hydrogen) atoms. The molecule has 2 heteroatoms. The summed E-state index contributed by atoms with van der Waals surface area (Å²) in [5, 5.41) is 0. The predicted octanol–water partition coefficient (Wildman–Crippen LogP) is 4.28. The topological polar surface area (TPSA) is 38.0 Å². The smallest absolute Gasteiger partial charge is 0.0279 e. The van der Waals surface area contributed by atoms with Crippen molar-refractivity contribution >= 4 is 0 Å². The van der Waals surface area contributed by atoms with Crippen LogP contribution in [0.3, 0.4) is 0 Å². The Bertz CT molecular complexity index is 413. The monoisotopic (exact) mass is 288 g/mol. The highest BCUT2D eigenvalue weighted by atomic mass is 15.2. The predicted molar refractivity (Wildman–Crippen MR) is 91.1 cm³/mol. The van der Waals surface area contributed by atoms with Gasteiger partial charge in [0.05, 0.1) is 0 Å². The Hall–Kier alpha value is -0.860. The van der Waals surface area contributed by atoms with Crippen molar-refractivity contribution in [3.63, 3.8) is 0 Å². The van der Waals surface area contributed by atoms with Gasteiger partial charge in [0.15, 0.2) is 0 Å². The first-order valence-corrected chi connectivity index (χ1v) is 8.65. The Morgan fingerprint density at radius 3 is 2.24 bits per heavy atom. The van der Waals surface area contributed by atoms with Gasteiger partial charge in [-0.05, 0) is 50.5 Å². The molecule has 0 aromatic heterocycles. The maximum atomic E-state index is 5.87. The van der Waals surface area contributed by atoms with E-state index in [4.69, 9.17) is 5.84 Å². The molecule has 0 spiro atoms. The third-order valence-electron chi connectivity index (χ3n) is 5.11. The first kappa shape index (κ1) is 16.5. The van der Waals surface area contributed by atoms with E-state index < -0.39 is 0 Å². The van der Waals surface area contributed by atoms with E-state index in [2.05, 4.69) is 44.4 Å². The van der Waals surface area contributed by atoms with E-state index >= 15 is 0 Å². The van der Waals surface area contributed by atoms with Crippen molar-refractivity contribution in [2.75, 3.05) is 0 Å². The van der Waals surface area contributed by atoms with Crippen LogP contribution in [-0.4, -0.2) is 6.04 Å². The van der Waals surface area contributed by atoms with Crippen molar-refractivity contribution in [3.8, 4) is 0 Å². The number of nitrogens with one attached hydrogen (secondary N) is 1. The fraction of sp³-hybridized carbons (Fsp3) is 0.684. The van der Waals surface area contributed by atoms with E-state index in [1.807, 2.05) is 0 Å². The minimum absolute atomic E-state index is 0.425. The Kier molecular flexibility index (Phi) is 6.25. The lowest BCUT2D eigenvalue weighted by molar-refractivity contribution is 0.213. The minimum atomic E-state index is 0.425. The Morgan fingerprint density at radius 2 is 1.71 bits per heavy atom. The first-order valence-electron chi connectivity index (χ1n) is 8.65. The molecule has 0 amide bonds. The van der Waals surface area contributed by atoms with Gasteiger partial charge in [-0.1, -0.05) is 61.9 Å². The summed E-state index contributed by atoms with van der Waals surface area (Å²) in [6.07, 6.45) is 9.25. The van der Waals surface area contributed by atoms with E-state index in [1.165, 1.54) is 55.2 Å². The van der Waals surface area contributed by atoms with Crippen LogP contribution in [0.15, 0.2) is 18.2 Å². The molecule has 1 atom stereocenters. The zero-order chi connectivity index (χ0) is 15.2. The van der Waals surface area contributed by atoms with Gasteiger partial charge in [-0.2, -0.15) is 0 Å². The molecule has 1 fully saturated rings. The Labute approximate surface area is 130 Å². The average Bonchev–Trinajstić information content (AvgIpc) is 2.45. The van der Waals surface area contributed by atoms with Crippen LogP contribution in [0.1, 0.15) is 62.1 Å². The molecule has 1 aromatic rings. The van der Waals surface area contributed by atoms with Crippen LogP contribution >= 0.6 is 0 Å². The lowest BCUT2D eigenvalue weighted by Crippen LogP contribution is -2.43. The van der Waals surface area contributed by atoms with Crippen LogP contribution in [-0.2, 0) is 6.42 Å². The number of benzene rings is 1. The molecule has 1 aromatic carbocycles. The highest BCUT2D eigenvalue weighted by molar-refractivity contribution is 5.29. The van der Waals surface area contributed by atoms with Crippen LogP contribution < -0.4 is 11.3 Å². The Morgan fingerprint density at radius 1 is 1.10 bits per heavy atom. The Balaban J connectivity index is 1.94. The second-order valence-electron chi connectivity index (χ2n) is 7.04. The molecule has 0 radical (unpaired) electrons. The lowest BCUT2D eigenvalue weighted by atomic mass is 9.76. The van der Waals surface area contributed by atoms with Gasteiger partial charge in [0.1, 0.15) is 0 Å². The van der Waals surface area contributed by atoms with Gasteiger partial charge in [0.2, 0.25) is 0 Å². The maximum absolute atomic E-state index is 5.87. The van der Waals surface area contributed by atoms with Gasteiger partial charge in [-0.25, -0.2) is 0 Å². The van der Waals surface area contributed by atoms with Crippen LogP contribution in [0.2, 0.25) is 0 Å². The van der Waals surface area contributed by atoms with Crippen molar-refractivity contribution in [1.29, 1.82) is 0 Å². The summed E-state index contributed by atoms with van der Waals surface area (Å²) < 4.78 is 0. The van der Waals surface area contributed by atoms with E-state index in [0.29, 0.717) is 6.04 Å². The number of nitrogens with two attached hydrogens (primary N) is 1. The molecule has 3 N–H and O–H groups in total. The number of hydrogen-bond donors (Lipinski definition) is 2. The minimum Gasteiger partial charge on any atom is -0.271 e. The molecule has 1 saturated carbocycles. The van der Waals surface area contributed by atoms with E-state index in [9.17, 15) is 0 Å². The summed E-state index contributed by atoms with van der Waals surface area (Å²) in [6.45, 7) is 6.66. The highest BCUT2D eigenvalue weighted by Gasteiger charge is 2.26. The van der Waals surface area contributed by atoms with Gasteiger partial charge in [-0.15, -0.1) is 0 Å². The molecule has 118 valence electrons. The molecule has 2 nitrogen and oxygen atoms in total. The van der Waals surface area contributed by atoms with Crippen LogP contribution in [0.4, 0.5) is 0 Å². The molecular weight excluding hydrogens is 256 g/mol. The second kappa shape index (κ2) is 7.95. The number of rotatable bonds is 6. The fourth-order valence-electron chi connectivity index (χ4n) is 4.09. The zero-order valence-electron chi connectivity index (χ0n) is 14.0. The molecule has 1 aliphatic carbocycles. The largest absolute Gasteiger partial charge is 0.271 e. The third kappa shape index (κ3) is 4.82. The van der Waals surface area contributed by atoms with Gasteiger partial charge in [-0.3, -0.25) is 11.3 Å². The SMILES string of the molecule is CCCC1CCC(C(Cc2cc(C)cc(C)c2)NN)CC1. The standard InChI is InChI=1S/C19H32N2/c1-4-5-16-6-8-18(9-7-16)19(21-20)13-17-11-14(2)10-15(3)12-17/h10-12,16,18-19,21H,4-9,13,20H2,1-3H3. The van der Waals surface area contributed by atoms with Crippen LogP contribution in [0.5, 0.6) is 0 Å². The third-order valence-corrected chi connectivity index (χ3v) is 5.11. The molecule has 1 aliphatic rings. The summed E-state index contributed by atoms with van der Waals surface area (Å²) in [6, 6.07) is 7.28. The number of hydrazine groups is 1. The van der Waals surface area contributed by atoms with Crippen molar-refractivity contribution in [1.82, 2.24) is 5.43 Å². The van der Waals surface area contributed by atoms with Gasteiger partial charge in [0.25, 0.3) is 0 Å². The van der Waals surface area contributed by atoms with Crippen molar-refractivity contribution in [3.05, 3.63) is 34.9 Å². The number of aryl methyl sites for hydroxylation is 2. The first-order chi connectivity index (χ1) is 10.1. The normalized spacial score (nSPS) is 24.0. The molecular formula is C19H32N2. The molecule has 0 aliphatic heterocycles. The van der Waals surface area contributed by atoms with E-state index in [0.717, 1.165) is 18.3 Å². The van der Waals surface area contributed by atoms with Crippen molar-refractivity contribution in [2.24, 2.45) is 17.7 Å². The summed E-state index contributed by atoms with van der Waals surface area (Å²) in [5.74, 6) is 7.57. The lowest BCUT2D eigenvalue weighted by Gasteiger charge is -2.33. The summed E-state index contributed by atoms with van der Waals surface area (Å²) >= 11 is 0. The average molecular weight is 288 g/mol. The molecule has 0 bridgehead atoms. The van der Waals surface area contributed by atoms with Crippen LogP contribution in [0.25, 0.3) is 0 Å². The zero-order valence-corrected chi connectivity index (χ0v) is 14.0. The van der Waals surface area contributed by atoms with Gasteiger partial charge >= 0.3 is 0 Å². The van der Waals surface area contributed by atoms with E-state index in [-0.39, 0.29) is 0 Å². The molecule has 2 rings (SSSR count). The fourth-order valence-corrected chi connectivity index (χ4v) is 4.09. The summed E-state index contributed by atoms with van der Waals surface area (Å²) in [7, 11) is 0. The molecule has 0 saturated heterocycles. The molecule has 1 unspecified atom stereocenters. The van der Waals surface area contributed by atoms with Crippen molar-refractivity contribution < 1.29 is 0 Å². The maximum Gasteiger partial charge on any atom is 0.0279 e. The quantitative estimate of drug-likeness (QED) is 0.605. The summed E-state index contributed by atoms with van der Waals surface area (Å²) in [5.41, 5.74) is 7.24. The number of hydrogen-bond acceptors (Lipinski definition) is 2. The van der Waals surface area contributed by atoms with Gasteiger partial charge in [0, 0.05) is 6.04 Å². The van der Waals surface area contributed by atoms with Gasteiger partial charge < -0.3 is 0 Å². The van der Waals surface area contributed by atoms with E-state index in [1.54, 1.807) is 0 Å². The summed E-state index contributed by atoms with van der Waals surface area (Å²) in [4.78, 5) is 0. The van der Waals surface area contributed by atoms with Crippen molar-refractivity contribution in [2.45, 2.75) is 71.8 Å². The highest BCUT2D eigenvalue weighted by Crippen LogP contribution is 2.34. The molecule has 0 heterocycles.